The third kappa shape index (κ3) is 4.02. The molecule has 0 bridgehead atoms. The van der Waals surface area contributed by atoms with Crippen LogP contribution in [0.25, 0.3) is 11.6 Å². The molecule has 27 heavy (non-hydrogen) atoms. The van der Waals surface area contributed by atoms with E-state index in [2.05, 4.69) is 61.1 Å². The summed E-state index contributed by atoms with van der Waals surface area (Å²) in [7, 11) is 1.79. The van der Waals surface area contributed by atoms with E-state index in [0.717, 1.165) is 24.7 Å². The highest BCUT2D eigenvalue weighted by molar-refractivity contribution is 5.79. The summed E-state index contributed by atoms with van der Waals surface area (Å²) in [6.07, 6.45) is 4.77. The van der Waals surface area contributed by atoms with Crippen molar-refractivity contribution in [2.45, 2.75) is 24.7 Å². The Hall–Kier alpha value is -3.09. The fraction of sp³-hybridized carbons (Fsp3) is 0.350. The molecule has 4 rings (SSSR count). The molecular weight excluding hydrogens is 340 g/mol. The van der Waals surface area contributed by atoms with Gasteiger partial charge in [-0.05, 0) is 30.5 Å². The van der Waals surface area contributed by atoms with Crippen molar-refractivity contribution in [1.82, 2.24) is 25.8 Å². The molecule has 140 valence electrons. The van der Waals surface area contributed by atoms with E-state index >= 15 is 0 Å². The Kier molecular flexibility index (Phi) is 4.91. The zero-order valence-corrected chi connectivity index (χ0v) is 15.4. The van der Waals surface area contributed by atoms with E-state index < -0.39 is 0 Å². The molecule has 0 amide bonds. The summed E-state index contributed by atoms with van der Waals surface area (Å²) in [4.78, 5) is 8.77. The Morgan fingerprint density at radius 2 is 2.04 bits per heavy atom. The first-order valence-corrected chi connectivity index (χ1v) is 9.24. The highest BCUT2D eigenvalue weighted by Gasteiger charge is 2.43. The SMILES string of the molecule is CN=C(NCCc1nc(-c2ccco2)n[nH]1)NCC1(c2ccccc2)CC1. The number of nitrogens with one attached hydrogen (secondary N) is 3. The monoisotopic (exact) mass is 364 g/mol. The van der Waals surface area contributed by atoms with Gasteiger partial charge in [0.1, 0.15) is 5.82 Å². The fourth-order valence-corrected chi connectivity index (χ4v) is 3.21. The molecule has 0 unspecified atom stereocenters. The number of rotatable bonds is 7. The average Bonchev–Trinajstić information content (AvgIpc) is 3.10. The zero-order valence-electron chi connectivity index (χ0n) is 15.4. The molecule has 0 atom stereocenters. The van der Waals surface area contributed by atoms with E-state index in [1.54, 1.807) is 13.3 Å². The summed E-state index contributed by atoms with van der Waals surface area (Å²) in [5.41, 5.74) is 1.65. The number of furan rings is 1. The van der Waals surface area contributed by atoms with Gasteiger partial charge in [-0.2, -0.15) is 5.10 Å². The molecule has 3 N–H and O–H groups in total. The Morgan fingerprint density at radius 1 is 1.19 bits per heavy atom. The number of nitrogens with zero attached hydrogens (tertiary/aromatic N) is 3. The van der Waals surface area contributed by atoms with E-state index in [1.165, 1.54) is 18.4 Å². The van der Waals surface area contributed by atoms with Gasteiger partial charge in [0.05, 0.1) is 6.26 Å². The molecule has 0 radical (unpaired) electrons. The van der Waals surface area contributed by atoms with Crippen LogP contribution in [0.15, 0.2) is 58.1 Å². The van der Waals surface area contributed by atoms with Crippen LogP contribution in [0.2, 0.25) is 0 Å². The molecule has 7 heteroatoms. The first-order chi connectivity index (χ1) is 13.3. The lowest BCUT2D eigenvalue weighted by molar-refractivity contribution is 0.577. The number of hydrogen-bond acceptors (Lipinski definition) is 4. The number of guanidine groups is 1. The van der Waals surface area contributed by atoms with Gasteiger partial charge in [-0.25, -0.2) is 4.98 Å². The lowest BCUT2D eigenvalue weighted by atomic mass is 9.96. The molecule has 0 saturated heterocycles. The van der Waals surface area contributed by atoms with Crippen LogP contribution in [0.1, 0.15) is 24.2 Å². The summed E-state index contributed by atoms with van der Waals surface area (Å²) in [5, 5.41) is 13.9. The smallest absolute Gasteiger partial charge is 0.216 e. The molecule has 3 aromatic rings. The fourth-order valence-electron chi connectivity index (χ4n) is 3.21. The van der Waals surface area contributed by atoms with Crippen molar-refractivity contribution in [3.63, 3.8) is 0 Å². The van der Waals surface area contributed by atoms with Crippen LogP contribution in [0.4, 0.5) is 0 Å². The topological polar surface area (TPSA) is 91.1 Å². The Labute approximate surface area is 158 Å². The van der Waals surface area contributed by atoms with Crippen molar-refractivity contribution in [2.75, 3.05) is 20.1 Å². The van der Waals surface area contributed by atoms with Crippen molar-refractivity contribution in [1.29, 1.82) is 0 Å². The summed E-state index contributed by atoms with van der Waals surface area (Å²) in [6, 6.07) is 14.4. The molecule has 1 aliphatic rings. The van der Waals surface area contributed by atoms with Gasteiger partial charge in [0.15, 0.2) is 11.7 Å². The quantitative estimate of drug-likeness (QED) is 0.443. The highest BCUT2D eigenvalue weighted by atomic mass is 16.3. The highest BCUT2D eigenvalue weighted by Crippen LogP contribution is 2.47. The molecular formula is C20H24N6O. The van der Waals surface area contributed by atoms with E-state index in [9.17, 15) is 0 Å². The van der Waals surface area contributed by atoms with Crippen molar-refractivity contribution < 1.29 is 4.42 Å². The largest absolute Gasteiger partial charge is 0.461 e. The minimum absolute atomic E-state index is 0.252. The molecule has 7 nitrogen and oxygen atoms in total. The van der Waals surface area contributed by atoms with Crippen LogP contribution in [-0.4, -0.2) is 41.3 Å². The number of hydrogen-bond donors (Lipinski definition) is 3. The molecule has 0 spiro atoms. The number of benzene rings is 1. The number of aliphatic imine (C=N–C) groups is 1. The number of aromatic amines is 1. The van der Waals surface area contributed by atoms with Gasteiger partial charge in [0.25, 0.3) is 0 Å². The Balaban J connectivity index is 1.25. The third-order valence-corrected chi connectivity index (χ3v) is 4.99. The third-order valence-electron chi connectivity index (χ3n) is 4.99. The molecule has 2 aromatic heterocycles. The van der Waals surface area contributed by atoms with Crippen LogP contribution in [-0.2, 0) is 11.8 Å². The number of H-pyrrole nitrogens is 1. The normalized spacial score (nSPS) is 15.5. The zero-order chi connectivity index (χ0) is 18.5. The average molecular weight is 364 g/mol. The van der Waals surface area contributed by atoms with Crippen LogP contribution >= 0.6 is 0 Å². The standard InChI is InChI=1S/C20H24N6O/c1-21-19(23-14-20(10-11-20)15-6-3-2-4-7-15)22-12-9-17-24-18(26-25-17)16-8-5-13-27-16/h2-8,13H,9-12,14H2,1H3,(H2,21,22,23)(H,24,25,26). The molecule has 0 aliphatic heterocycles. The van der Waals surface area contributed by atoms with Gasteiger partial charge in [0.2, 0.25) is 5.82 Å². The molecule has 2 heterocycles. The van der Waals surface area contributed by atoms with Crippen molar-refractivity contribution in [3.05, 3.63) is 60.1 Å². The first-order valence-electron chi connectivity index (χ1n) is 9.24. The minimum atomic E-state index is 0.252. The van der Waals surface area contributed by atoms with E-state index in [4.69, 9.17) is 4.42 Å². The second-order valence-electron chi connectivity index (χ2n) is 6.83. The Bertz CT molecular complexity index is 880. The summed E-state index contributed by atoms with van der Waals surface area (Å²) in [5.74, 6) is 2.87. The summed E-state index contributed by atoms with van der Waals surface area (Å²) < 4.78 is 5.31. The summed E-state index contributed by atoms with van der Waals surface area (Å²) >= 11 is 0. The van der Waals surface area contributed by atoms with Crippen LogP contribution in [0.3, 0.4) is 0 Å². The van der Waals surface area contributed by atoms with Crippen molar-refractivity contribution in [2.24, 2.45) is 4.99 Å². The maximum Gasteiger partial charge on any atom is 0.216 e. The van der Waals surface area contributed by atoms with Gasteiger partial charge in [0, 0.05) is 32.0 Å². The van der Waals surface area contributed by atoms with Gasteiger partial charge in [-0.3, -0.25) is 10.1 Å². The first kappa shape index (κ1) is 17.3. The van der Waals surface area contributed by atoms with E-state index in [0.29, 0.717) is 18.1 Å². The van der Waals surface area contributed by atoms with Crippen LogP contribution in [0.5, 0.6) is 0 Å². The predicted octanol–water partition coefficient (Wildman–Crippen LogP) is 2.50. The van der Waals surface area contributed by atoms with Gasteiger partial charge < -0.3 is 15.1 Å². The predicted molar refractivity (Wildman–Crippen MR) is 105 cm³/mol. The Morgan fingerprint density at radius 3 is 2.74 bits per heavy atom. The lowest BCUT2D eigenvalue weighted by Crippen LogP contribution is -2.42. The molecule has 1 saturated carbocycles. The van der Waals surface area contributed by atoms with Crippen LogP contribution < -0.4 is 10.6 Å². The van der Waals surface area contributed by atoms with E-state index in [-0.39, 0.29) is 5.41 Å². The van der Waals surface area contributed by atoms with E-state index in [1.807, 2.05) is 12.1 Å². The lowest BCUT2D eigenvalue weighted by Gasteiger charge is -2.19. The van der Waals surface area contributed by atoms with Gasteiger partial charge >= 0.3 is 0 Å². The van der Waals surface area contributed by atoms with Gasteiger partial charge in [-0.1, -0.05) is 30.3 Å². The second-order valence-corrected chi connectivity index (χ2v) is 6.83. The molecule has 1 aliphatic carbocycles. The second kappa shape index (κ2) is 7.65. The van der Waals surface area contributed by atoms with Crippen LogP contribution in [0, 0.1) is 0 Å². The van der Waals surface area contributed by atoms with Crippen molar-refractivity contribution in [3.8, 4) is 11.6 Å². The maximum atomic E-state index is 5.31. The van der Waals surface area contributed by atoms with Crippen molar-refractivity contribution >= 4 is 5.96 Å². The molecule has 1 aromatic carbocycles. The maximum absolute atomic E-state index is 5.31. The summed E-state index contributed by atoms with van der Waals surface area (Å²) in [6.45, 7) is 1.60. The van der Waals surface area contributed by atoms with Gasteiger partial charge in [-0.15, -0.1) is 0 Å². The molecule has 1 fully saturated rings. The number of aromatic nitrogens is 3. The minimum Gasteiger partial charge on any atom is -0.461 e.